The molecule has 36 heavy (non-hydrogen) atoms. The first-order valence-electron chi connectivity index (χ1n) is 16.2. The van der Waals surface area contributed by atoms with Crippen LogP contribution in [0.25, 0.3) is 0 Å². The summed E-state index contributed by atoms with van der Waals surface area (Å²) >= 11 is 0. The molecule has 0 aromatic carbocycles. The Labute approximate surface area is 237 Å². The lowest BCUT2D eigenvalue weighted by molar-refractivity contribution is 0.397. The zero-order valence-corrected chi connectivity index (χ0v) is 30.5. The summed E-state index contributed by atoms with van der Waals surface area (Å²) in [5.41, 5.74) is 1.08. The summed E-state index contributed by atoms with van der Waals surface area (Å²) in [5.74, 6) is 4.51. The molecule has 0 aliphatic carbocycles. The minimum atomic E-state index is 0.542. The second kappa shape index (κ2) is 33.0. The molecule has 0 radical (unpaired) electrons. The predicted octanol–water partition coefficient (Wildman–Crippen LogP) is 14.5. The van der Waals surface area contributed by atoms with Crippen molar-refractivity contribution in [1.29, 1.82) is 0 Å². The first-order valence-corrected chi connectivity index (χ1v) is 16.2. The molecule has 0 aliphatic rings. The number of hydrogen-bond donors (Lipinski definition) is 0. The van der Waals surface area contributed by atoms with Crippen LogP contribution in [0.1, 0.15) is 197 Å². The summed E-state index contributed by atoms with van der Waals surface area (Å²) in [6.07, 6.45) is 10.5. The van der Waals surface area contributed by atoms with E-state index in [2.05, 4.69) is 145 Å². The van der Waals surface area contributed by atoms with Crippen LogP contribution >= 0.6 is 0 Å². The average molecular weight is 517 g/mol. The van der Waals surface area contributed by atoms with Crippen molar-refractivity contribution >= 4 is 0 Å². The minimum Gasteiger partial charge on any atom is -0.0651 e. The van der Waals surface area contributed by atoms with Crippen LogP contribution in [-0.2, 0) is 0 Å². The van der Waals surface area contributed by atoms with Crippen LogP contribution in [0.5, 0.6) is 0 Å². The van der Waals surface area contributed by atoms with E-state index < -0.39 is 0 Å². The molecule has 0 bridgehead atoms. The van der Waals surface area contributed by atoms with Gasteiger partial charge in [0.1, 0.15) is 0 Å². The summed E-state index contributed by atoms with van der Waals surface area (Å²) in [6.45, 7) is 47.1. The lowest BCUT2D eigenvalue weighted by atomic mass is 9.94. The van der Waals surface area contributed by atoms with Gasteiger partial charge in [-0.15, -0.1) is 0 Å². The van der Waals surface area contributed by atoms with Crippen molar-refractivity contribution < 1.29 is 0 Å². The molecule has 0 atom stereocenters. The van der Waals surface area contributed by atoms with E-state index in [1.54, 1.807) is 0 Å². The van der Waals surface area contributed by atoms with Gasteiger partial charge >= 0.3 is 0 Å². The van der Waals surface area contributed by atoms with Crippen LogP contribution in [0.3, 0.4) is 0 Å². The lowest BCUT2D eigenvalue weighted by Gasteiger charge is -2.12. The molecule has 0 amide bonds. The summed E-state index contributed by atoms with van der Waals surface area (Å²) in [7, 11) is 0. The maximum absolute atomic E-state index is 2.28. The molecule has 0 nitrogen and oxygen atoms in total. The van der Waals surface area contributed by atoms with E-state index in [-0.39, 0.29) is 0 Å². The van der Waals surface area contributed by atoms with E-state index in [0.29, 0.717) is 10.8 Å². The van der Waals surface area contributed by atoms with Crippen LogP contribution in [0, 0.1) is 40.4 Å². The van der Waals surface area contributed by atoms with Gasteiger partial charge < -0.3 is 0 Å². The van der Waals surface area contributed by atoms with Gasteiger partial charge in [-0.25, -0.2) is 0 Å². The maximum Gasteiger partial charge on any atom is -0.0385 e. The molecule has 0 aliphatic heterocycles. The lowest BCUT2D eigenvalue weighted by Crippen LogP contribution is -2.00. The van der Waals surface area contributed by atoms with Crippen molar-refractivity contribution in [2.75, 3.05) is 0 Å². The molecule has 0 spiro atoms. The molecule has 0 heteroatoms. The molecule has 0 N–H and O–H groups in total. The molecule has 0 unspecified atom stereocenters. The quantitative estimate of drug-likeness (QED) is 0.315. The van der Waals surface area contributed by atoms with Crippen molar-refractivity contribution in [2.24, 2.45) is 40.4 Å². The highest BCUT2D eigenvalue weighted by Gasteiger charge is 2.03. The Morgan fingerprint density at radius 1 is 0.333 bits per heavy atom. The van der Waals surface area contributed by atoms with Crippen molar-refractivity contribution in [3.63, 3.8) is 0 Å². The van der Waals surface area contributed by atoms with Gasteiger partial charge in [-0.2, -0.15) is 0 Å². The number of hydrogen-bond acceptors (Lipinski definition) is 0. The summed E-state index contributed by atoms with van der Waals surface area (Å²) in [4.78, 5) is 0. The van der Waals surface area contributed by atoms with E-state index in [9.17, 15) is 0 Å². The Balaban J connectivity index is -0.0000000750. The molecule has 228 valence electrons. The first-order chi connectivity index (χ1) is 16.2. The third-order valence-corrected chi connectivity index (χ3v) is 7.64. The second-order valence-electron chi connectivity index (χ2n) is 14.1. The van der Waals surface area contributed by atoms with Crippen LogP contribution < -0.4 is 0 Å². The van der Waals surface area contributed by atoms with Crippen molar-refractivity contribution in [1.82, 2.24) is 0 Å². The zero-order chi connectivity index (χ0) is 30.5. The molecule has 0 aromatic heterocycles. The van der Waals surface area contributed by atoms with Crippen LogP contribution in [0.15, 0.2) is 0 Å². The normalized spacial score (nSPS) is 10.8. The highest BCUT2D eigenvalue weighted by Crippen LogP contribution is 2.16. The molecule has 0 saturated carbocycles. The standard InChI is InChI=1S/6C6H14/c2*1-5-6(2,3)4;1-5(2)6(3)4;3*1-4-6(3)5-2/h2*5H2,1-4H3;5-6H,1-4H3;3*6H,4-5H2,1-3H3. The predicted molar refractivity (Wildman–Crippen MR) is 178 cm³/mol. The summed E-state index contributed by atoms with van der Waals surface area (Å²) < 4.78 is 0. The monoisotopic (exact) mass is 517 g/mol. The molecule has 0 aromatic rings. The van der Waals surface area contributed by atoms with Gasteiger partial charge in [-0.05, 0) is 40.4 Å². The molecule has 0 heterocycles. The summed E-state index contributed by atoms with van der Waals surface area (Å²) in [5, 5.41) is 0. The van der Waals surface area contributed by atoms with E-state index in [1.165, 1.54) is 51.4 Å². The van der Waals surface area contributed by atoms with Gasteiger partial charge in [0.15, 0.2) is 0 Å². The number of rotatable bonds is 7. The van der Waals surface area contributed by atoms with Gasteiger partial charge in [-0.3, -0.25) is 0 Å². The van der Waals surface area contributed by atoms with E-state index >= 15 is 0 Å². The Kier molecular flexibility index (Phi) is 45.0. The van der Waals surface area contributed by atoms with Crippen LogP contribution in [-0.4, -0.2) is 0 Å². The summed E-state index contributed by atoms with van der Waals surface area (Å²) in [6, 6.07) is 0. The Bertz CT molecular complexity index is 280. The zero-order valence-electron chi connectivity index (χ0n) is 30.5. The van der Waals surface area contributed by atoms with Crippen LogP contribution in [0.2, 0.25) is 0 Å². The van der Waals surface area contributed by atoms with Crippen molar-refractivity contribution in [3.05, 3.63) is 0 Å². The van der Waals surface area contributed by atoms with E-state index in [0.717, 1.165) is 29.6 Å². The fourth-order valence-corrected chi connectivity index (χ4v) is 0.866. The fourth-order valence-electron chi connectivity index (χ4n) is 0.866. The van der Waals surface area contributed by atoms with Crippen molar-refractivity contribution in [3.8, 4) is 0 Å². The average Bonchev–Trinajstić information content (AvgIpc) is 2.83. The molecular formula is C36H84. The Hall–Kier alpha value is 0. The molecule has 0 saturated heterocycles. The topological polar surface area (TPSA) is 0 Å². The highest BCUT2D eigenvalue weighted by molar-refractivity contribution is 4.56. The Morgan fingerprint density at radius 2 is 0.444 bits per heavy atom. The van der Waals surface area contributed by atoms with E-state index in [4.69, 9.17) is 0 Å². The van der Waals surface area contributed by atoms with Gasteiger partial charge in [-0.1, -0.05) is 197 Å². The van der Waals surface area contributed by atoms with Crippen LogP contribution in [0.4, 0.5) is 0 Å². The van der Waals surface area contributed by atoms with Gasteiger partial charge in [0.05, 0.1) is 0 Å². The fraction of sp³-hybridized carbons (Fsp3) is 1.00. The van der Waals surface area contributed by atoms with Gasteiger partial charge in [0.25, 0.3) is 0 Å². The molecule has 0 fully saturated rings. The third kappa shape index (κ3) is 76.5. The highest BCUT2D eigenvalue weighted by atomic mass is 14.1. The van der Waals surface area contributed by atoms with E-state index in [1.807, 2.05) is 0 Å². The largest absolute Gasteiger partial charge is 0.0651 e. The second-order valence-corrected chi connectivity index (χ2v) is 14.1. The molecular weight excluding hydrogens is 432 g/mol. The smallest absolute Gasteiger partial charge is 0.0385 e. The van der Waals surface area contributed by atoms with Gasteiger partial charge in [0.2, 0.25) is 0 Å². The first kappa shape index (κ1) is 49.0. The molecule has 0 rings (SSSR count). The SMILES string of the molecule is CC(C)C(C)C.CCC(C)(C)C.CCC(C)(C)C.CCC(C)CC.CCC(C)CC.CCC(C)CC. The van der Waals surface area contributed by atoms with Gasteiger partial charge in [0, 0.05) is 0 Å². The Morgan fingerprint density at radius 3 is 0.444 bits per heavy atom. The maximum atomic E-state index is 2.28. The minimum absolute atomic E-state index is 0.542. The third-order valence-electron chi connectivity index (χ3n) is 7.64. The van der Waals surface area contributed by atoms with Crippen molar-refractivity contribution in [2.45, 2.75) is 197 Å².